The number of anilines is 2. The predicted molar refractivity (Wildman–Crippen MR) is 73.9 cm³/mol. The molecule has 2 N–H and O–H groups in total. The fourth-order valence-electron chi connectivity index (χ4n) is 1.94. The zero-order chi connectivity index (χ0) is 13.2. The summed E-state index contributed by atoms with van der Waals surface area (Å²) < 4.78 is 5.11. The molecule has 1 heterocycles. The summed E-state index contributed by atoms with van der Waals surface area (Å²) in [6, 6.07) is 15.5. The van der Waals surface area contributed by atoms with Crippen molar-refractivity contribution in [2.75, 3.05) is 5.32 Å². The summed E-state index contributed by atoms with van der Waals surface area (Å²) in [5.41, 5.74) is 1.22. The highest BCUT2D eigenvalue weighted by atomic mass is 16.4. The van der Waals surface area contributed by atoms with Crippen molar-refractivity contribution in [3.63, 3.8) is 0 Å². The topological polar surface area (TPSA) is 62.5 Å². The van der Waals surface area contributed by atoms with Gasteiger partial charge in [-0.2, -0.15) is 0 Å². The molecule has 0 aliphatic carbocycles. The molecule has 0 aliphatic heterocycles. The van der Waals surface area contributed by atoms with E-state index in [9.17, 15) is 9.90 Å². The predicted octanol–water partition coefficient (Wildman–Crippen LogP) is 3.24. The minimum absolute atomic E-state index is 0.125. The first-order valence-corrected chi connectivity index (χ1v) is 5.82. The van der Waals surface area contributed by atoms with Gasteiger partial charge in [0.15, 0.2) is 0 Å². The van der Waals surface area contributed by atoms with E-state index in [1.165, 1.54) is 6.07 Å². The van der Waals surface area contributed by atoms with E-state index in [-0.39, 0.29) is 5.75 Å². The van der Waals surface area contributed by atoms with Crippen LogP contribution < -0.4 is 10.9 Å². The second-order valence-electron chi connectivity index (χ2n) is 4.12. The second kappa shape index (κ2) is 4.49. The van der Waals surface area contributed by atoms with Crippen LogP contribution in [-0.4, -0.2) is 5.11 Å². The molecule has 0 bridgehead atoms. The van der Waals surface area contributed by atoms with Gasteiger partial charge in [0.05, 0.1) is 11.4 Å². The second-order valence-corrected chi connectivity index (χ2v) is 4.12. The molecule has 0 fully saturated rings. The maximum Gasteiger partial charge on any atom is 0.338 e. The molecule has 0 unspecified atom stereocenters. The first kappa shape index (κ1) is 11.3. The molecule has 94 valence electrons. The molecule has 0 aliphatic rings. The lowest BCUT2D eigenvalue weighted by atomic mass is 10.2. The molecule has 0 saturated heterocycles. The number of nitrogens with one attached hydrogen (secondary N) is 1. The van der Waals surface area contributed by atoms with Crippen LogP contribution in [0.4, 0.5) is 11.4 Å². The first-order valence-electron chi connectivity index (χ1n) is 5.82. The molecule has 3 rings (SSSR count). The van der Waals surface area contributed by atoms with Crippen molar-refractivity contribution in [3.05, 3.63) is 65.0 Å². The minimum Gasteiger partial charge on any atom is -0.506 e. The van der Waals surface area contributed by atoms with Gasteiger partial charge in [-0.25, -0.2) is 4.79 Å². The van der Waals surface area contributed by atoms with Crippen LogP contribution in [0, 0.1) is 0 Å². The van der Waals surface area contributed by atoms with Crippen LogP contribution in [-0.2, 0) is 0 Å². The lowest BCUT2D eigenvalue weighted by Crippen LogP contribution is -2.01. The van der Waals surface area contributed by atoms with E-state index >= 15 is 0 Å². The van der Waals surface area contributed by atoms with E-state index in [4.69, 9.17) is 4.42 Å². The van der Waals surface area contributed by atoms with Crippen LogP contribution in [0.5, 0.6) is 5.75 Å². The maximum atomic E-state index is 11.5. The third kappa shape index (κ3) is 2.15. The van der Waals surface area contributed by atoms with E-state index in [2.05, 4.69) is 5.32 Å². The highest BCUT2D eigenvalue weighted by molar-refractivity contribution is 5.91. The van der Waals surface area contributed by atoms with E-state index in [1.54, 1.807) is 36.4 Å². The number of phenolic OH excluding ortho intramolecular Hbond substituents is 1. The molecule has 2 aromatic carbocycles. The fourth-order valence-corrected chi connectivity index (χ4v) is 1.94. The quantitative estimate of drug-likeness (QED) is 0.543. The Morgan fingerprint density at radius 2 is 1.68 bits per heavy atom. The van der Waals surface area contributed by atoms with Gasteiger partial charge < -0.3 is 14.8 Å². The number of fused-ring (bicyclic) bond motifs is 1. The molecular weight excluding hydrogens is 242 g/mol. The molecule has 0 spiro atoms. The van der Waals surface area contributed by atoms with Crippen LogP contribution in [0.3, 0.4) is 0 Å². The molecule has 0 saturated carbocycles. The van der Waals surface area contributed by atoms with Crippen LogP contribution in [0.1, 0.15) is 0 Å². The normalized spacial score (nSPS) is 10.5. The Labute approximate surface area is 108 Å². The molecule has 4 heteroatoms. The van der Waals surface area contributed by atoms with Crippen molar-refractivity contribution in [1.82, 2.24) is 0 Å². The summed E-state index contributed by atoms with van der Waals surface area (Å²) in [5, 5.41) is 13.6. The number of rotatable bonds is 2. The van der Waals surface area contributed by atoms with Gasteiger partial charge in [0.2, 0.25) is 0 Å². The molecule has 1 aromatic heterocycles. The molecular formula is C15H11NO3. The van der Waals surface area contributed by atoms with Crippen molar-refractivity contribution in [2.45, 2.75) is 0 Å². The van der Waals surface area contributed by atoms with E-state index < -0.39 is 5.63 Å². The minimum atomic E-state index is -0.434. The Kier molecular flexibility index (Phi) is 2.68. The van der Waals surface area contributed by atoms with Crippen molar-refractivity contribution in [3.8, 4) is 5.75 Å². The molecule has 3 aromatic rings. The zero-order valence-corrected chi connectivity index (χ0v) is 9.96. The molecule has 0 atom stereocenters. The van der Waals surface area contributed by atoms with Crippen molar-refractivity contribution in [2.24, 2.45) is 0 Å². The number of hydrogen-bond acceptors (Lipinski definition) is 4. The van der Waals surface area contributed by atoms with Gasteiger partial charge in [-0.15, -0.1) is 0 Å². The summed E-state index contributed by atoms with van der Waals surface area (Å²) in [6.07, 6.45) is 0. The summed E-state index contributed by atoms with van der Waals surface area (Å²) in [4.78, 5) is 11.5. The third-order valence-corrected chi connectivity index (χ3v) is 2.82. The largest absolute Gasteiger partial charge is 0.506 e. The van der Waals surface area contributed by atoms with Gasteiger partial charge in [-0.05, 0) is 24.3 Å². The third-order valence-electron chi connectivity index (χ3n) is 2.82. The number of aromatic hydroxyl groups is 1. The summed E-state index contributed by atoms with van der Waals surface area (Å²) in [7, 11) is 0. The van der Waals surface area contributed by atoms with Gasteiger partial charge in [-0.1, -0.05) is 24.3 Å². The molecule has 4 nitrogen and oxygen atoms in total. The van der Waals surface area contributed by atoms with E-state index in [0.29, 0.717) is 17.0 Å². The average molecular weight is 253 g/mol. The van der Waals surface area contributed by atoms with Gasteiger partial charge in [0.1, 0.15) is 11.3 Å². The lowest BCUT2D eigenvalue weighted by molar-refractivity contribution is 0.478. The summed E-state index contributed by atoms with van der Waals surface area (Å²) in [5.74, 6) is 0.125. The lowest BCUT2D eigenvalue weighted by Gasteiger charge is -2.09. The van der Waals surface area contributed by atoms with Crippen LogP contribution in [0.2, 0.25) is 0 Å². The van der Waals surface area contributed by atoms with Gasteiger partial charge >= 0.3 is 5.63 Å². The SMILES string of the molecule is O=c1cc(Nc2ccccc2O)c2ccccc2o1. The maximum absolute atomic E-state index is 11.5. The van der Waals surface area contributed by atoms with Crippen molar-refractivity contribution >= 4 is 22.3 Å². The Bertz CT molecular complexity index is 792. The fraction of sp³-hybridized carbons (Fsp3) is 0. The van der Waals surface area contributed by atoms with Gasteiger partial charge in [0, 0.05) is 11.5 Å². The van der Waals surface area contributed by atoms with E-state index in [1.807, 2.05) is 12.1 Å². The number of benzene rings is 2. The standard InChI is InChI=1S/C15H11NO3/c17-13-7-3-2-6-11(13)16-12-9-15(18)19-14-8-4-1-5-10(12)14/h1-9,16-17H. The van der Waals surface area contributed by atoms with Crippen LogP contribution in [0.15, 0.2) is 63.8 Å². The van der Waals surface area contributed by atoms with E-state index in [0.717, 1.165) is 5.39 Å². The summed E-state index contributed by atoms with van der Waals surface area (Å²) in [6.45, 7) is 0. The monoisotopic (exact) mass is 253 g/mol. The molecule has 0 radical (unpaired) electrons. The Balaban J connectivity index is 2.15. The summed E-state index contributed by atoms with van der Waals surface area (Å²) >= 11 is 0. The van der Waals surface area contributed by atoms with Crippen LogP contribution >= 0.6 is 0 Å². The highest BCUT2D eigenvalue weighted by Crippen LogP contribution is 2.29. The van der Waals surface area contributed by atoms with Gasteiger partial charge in [-0.3, -0.25) is 0 Å². The zero-order valence-electron chi connectivity index (χ0n) is 9.96. The average Bonchev–Trinajstić information content (AvgIpc) is 2.41. The number of hydrogen-bond donors (Lipinski definition) is 2. The first-order chi connectivity index (χ1) is 9.24. The Morgan fingerprint density at radius 3 is 2.53 bits per heavy atom. The Morgan fingerprint density at radius 1 is 0.947 bits per heavy atom. The van der Waals surface area contributed by atoms with Gasteiger partial charge in [0.25, 0.3) is 0 Å². The Hall–Kier alpha value is -2.75. The van der Waals surface area contributed by atoms with Crippen molar-refractivity contribution in [1.29, 1.82) is 0 Å². The van der Waals surface area contributed by atoms with Crippen LogP contribution in [0.25, 0.3) is 11.0 Å². The smallest absolute Gasteiger partial charge is 0.338 e. The molecule has 0 amide bonds. The highest BCUT2D eigenvalue weighted by Gasteiger charge is 2.06. The number of para-hydroxylation sites is 3. The molecule has 19 heavy (non-hydrogen) atoms. The van der Waals surface area contributed by atoms with Crippen molar-refractivity contribution < 1.29 is 9.52 Å². The number of phenols is 1.